The van der Waals surface area contributed by atoms with Gasteiger partial charge in [0.2, 0.25) is 0 Å². The summed E-state index contributed by atoms with van der Waals surface area (Å²) in [5.74, 6) is 1.28. The van der Waals surface area contributed by atoms with Crippen molar-refractivity contribution in [2.75, 3.05) is 4.90 Å². The molecule has 1 aliphatic heterocycles. The molecule has 1 unspecified atom stereocenters. The van der Waals surface area contributed by atoms with Crippen molar-refractivity contribution in [3.63, 3.8) is 0 Å². The smallest absolute Gasteiger partial charge is 0.659 e. The molecule has 6 nitrogen and oxygen atoms in total. The standard InChI is InChI=1S/C44H34N3O.C22H20N2.Ir/c1-27(2)35-22-31(29-14-7-5-8-15-29)23-36(28(3)4)42(35)47-40-21-12-11-20-39(40)46-44(47)34-19-13-18-33-38-24-32(26-45)37(25-41(38)48-43(33)34)30-16-9-6-10-17-30;1-16-10-9-11-17(2)21(16)24-20-15-8-7-14-19(20)23-22(24,3)18-12-5-4-6-13-18;/h5-18,20-25,27-28H,1-4H3;4-12,14-15H,1-3H3;/q-1;-2;+3. The van der Waals surface area contributed by atoms with E-state index in [9.17, 15) is 5.26 Å². The average Bonchev–Trinajstić information content (AvgIpc) is 4.08. The number of rotatable bonds is 8. The van der Waals surface area contributed by atoms with Crippen LogP contribution in [0.4, 0.5) is 17.1 Å². The number of benzene rings is 9. The summed E-state index contributed by atoms with van der Waals surface area (Å²) in [5.41, 5.74) is 19.2. The molecule has 0 fully saturated rings. The maximum Gasteiger partial charge on any atom is 3.00 e. The summed E-state index contributed by atoms with van der Waals surface area (Å²) in [6, 6.07) is 73.8. The van der Waals surface area contributed by atoms with Gasteiger partial charge in [-0.2, -0.15) is 41.2 Å². The fourth-order valence-corrected chi connectivity index (χ4v) is 10.6. The largest absolute Gasteiger partial charge is 3.00 e. The molecule has 1 atom stereocenters. The number of furan rings is 1. The third-order valence-electron chi connectivity index (χ3n) is 14.1. The number of hydrogen-bond donors (Lipinski definition) is 0. The first-order chi connectivity index (χ1) is 35.0. The zero-order chi connectivity index (χ0) is 49.7. The Balaban J connectivity index is 0.000000205. The van der Waals surface area contributed by atoms with E-state index in [4.69, 9.17) is 14.7 Å². The van der Waals surface area contributed by atoms with Gasteiger partial charge in [0, 0.05) is 28.0 Å². The summed E-state index contributed by atoms with van der Waals surface area (Å²) in [4.78, 5) is 7.64. The molecule has 11 aromatic rings. The van der Waals surface area contributed by atoms with E-state index in [2.05, 4.69) is 185 Å². The topological polar surface area (TPSA) is 72.1 Å². The Morgan fingerprint density at radius 1 is 0.630 bits per heavy atom. The maximum atomic E-state index is 10.2. The van der Waals surface area contributed by atoms with Crippen molar-refractivity contribution < 1.29 is 24.5 Å². The molecule has 0 aliphatic carbocycles. The first-order valence-electron chi connectivity index (χ1n) is 24.8. The van der Waals surface area contributed by atoms with E-state index in [1.165, 1.54) is 39.1 Å². The van der Waals surface area contributed by atoms with Gasteiger partial charge >= 0.3 is 20.1 Å². The predicted octanol–water partition coefficient (Wildman–Crippen LogP) is 18.0. The minimum absolute atomic E-state index is 0. The second-order valence-electron chi connectivity index (χ2n) is 19.5. The van der Waals surface area contributed by atoms with E-state index in [0.717, 1.165) is 72.5 Å². The average molecular weight is 1130 g/mol. The fraction of sp³-hybridized carbons (Fsp3) is 0.152. The van der Waals surface area contributed by atoms with Crippen molar-refractivity contribution in [3.8, 4) is 45.4 Å². The molecule has 1 aliphatic rings. The van der Waals surface area contributed by atoms with Crippen LogP contribution in [0, 0.1) is 37.3 Å². The Morgan fingerprint density at radius 2 is 1.27 bits per heavy atom. The number of imidazole rings is 1. The number of fused-ring (bicyclic) bond motifs is 5. The minimum Gasteiger partial charge on any atom is -0.659 e. The quantitative estimate of drug-likeness (QED) is 0.142. The van der Waals surface area contributed by atoms with Crippen molar-refractivity contribution in [1.29, 1.82) is 5.26 Å². The molecule has 73 heavy (non-hydrogen) atoms. The summed E-state index contributed by atoms with van der Waals surface area (Å²) >= 11 is 0. The van der Waals surface area contributed by atoms with Gasteiger partial charge in [-0.1, -0.05) is 155 Å². The Bertz CT molecular complexity index is 3800. The van der Waals surface area contributed by atoms with E-state index in [1.54, 1.807) is 0 Å². The number of nitriles is 1. The van der Waals surface area contributed by atoms with Crippen molar-refractivity contribution in [2.24, 2.45) is 0 Å². The van der Waals surface area contributed by atoms with E-state index in [0.29, 0.717) is 11.1 Å². The molecule has 358 valence electrons. The van der Waals surface area contributed by atoms with Crippen LogP contribution >= 0.6 is 0 Å². The van der Waals surface area contributed by atoms with Crippen LogP contribution in [0.1, 0.15) is 79.8 Å². The monoisotopic (exact) mass is 1130 g/mol. The van der Waals surface area contributed by atoms with Crippen molar-refractivity contribution >= 4 is 50.0 Å². The predicted molar refractivity (Wildman–Crippen MR) is 297 cm³/mol. The first kappa shape index (κ1) is 48.6. The van der Waals surface area contributed by atoms with Crippen molar-refractivity contribution in [2.45, 2.75) is 66.0 Å². The number of anilines is 2. The molecule has 0 bridgehead atoms. The molecule has 0 N–H and O–H groups in total. The van der Waals surface area contributed by atoms with Crippen molar-refractivity contribution in [1.82, 2.24) is 9.55 Å². The van der Waals surface area contributed by atoms with Gasteiger partial charge in [0.1, 0.15) is 5.58 Å². The summed E-state index contributed by atoms with van der Waals surface area (Å²) in [6.07, 6.45) is 0. The third-order valence-corrected chi connectivity index (χ3v) is 14.1. The van der Waals surface area contributed by atoms with Gasteiger partial charge in [-0.25, -0.2) is 0 Å². The van der Waals surface area contributed by atoms with E-state index in [1.807, 2.05) is 78.9 Å². The van der Waals surface area contributed by atoms with Crippen LogP contribution in [-0.4, -0.2) is 9.55 Å². The van der Waals surface area contributed by atoms with Gasteiger partial charge in [-0.3, -0.25) is 4.98 Å². The molecule has 0 spiro atoms. The molecule has 2 aromatic heterocycles. The molecule has 9 aromatic carbocycles. The van der Waals surface area contributed by atoms with Crippen LogP contribution < -0.4 is 4.90 Å². The Hall–Kier alpha value is -8.01. The summed E-state index contributed by atoms with van der Waals surface area (Å²) in [5, 5.41) is 17.1. The molecule has 0 saturated carbocycles. The van der Waals surface area contributed by atoms with Crippen LogP contribution in [0.5, 0.6) is 0 Å². The third kappa shape index (κ3) is 8.61. The Kier molecular flexibility index (Phi) is 13.2. The first-order valence-corrected chi connectivity index (χ1v) is 24.8. The molecular formula is C66H54IrN5O. The van der Waals surface area contributed by atoms with Crippen LogP contribution in [0.25, 0.3) is 77.6 Å². The molecular weight excluding hydrogens is 1070 g/mol. The van der Waals surface area contributed by atoms with Crippen LogP contribution in [-0.2, 0) is 25.8 Å². The van der Waals surface area contributed by atoms with E-state index in [-0.39, 0.29) is 31.9 Å². The molecule has 0 radical (unpaired) electrons. The van der Waals surface area contributed by atoms with Crippen LogP contribution in [0.2, 0.25) is 0 Å². The number of aryl methyl sites for hydroxylation is 2. The molecule has 0 saturated heterocycles. The van der Waals surface area contributed by atoms with Gasteiger partial charge in [0.05, 0.1) is 34.1 Å². The van der Waals surface area contributed by atoms with E-state index < -0.39 is 5.66 Å². The number of hydrogen-bond acceptors (Lipinski definition) is 4. The molecule has 3 heterocycles. The maximum absolute atomic E-state index is 10.2. The van der Waals surface area contributed by atoms with Gasteiger partial charge in [-0.15, -0.1) is 23.9 Å². The zero-order valence-corrected chi connectivity index (χ0v) is 44.4. The van der Waals surface area contributed by atoms with E-state index >= 15 is 0 Å². The number of para-hydroxylation sites is 5. The van der Waals surface area contributed by atoms with Crippen LogP contribution in [0.3, 0.4) is 0 Å². The normalized spacial score (nSPS) is 13.9. The van der Waals surface area contributed by atoms with Crippen molar-refractivity contribution in [3.05, 3.63) is 239 Å². The SMILES string of the molecule is CC(C)c1cc(-c2ccccc2)cc(C(C)C)c1-n1c(-c2[c-]ccc3c2oc2cc(-c4ccccc4)c(C#N)cc23)nc2ccccc21.Cc1cccc(C)c1N1c2ccccc2[N-]C1(C)c1[c-]cccc1.[Ir+3]. The van der Waals surface area contributed by atoms with Gasteiger partial charge < -0.3 is 19.2 Å². The second kappa shape index (κ2) is 19.9. The zero-order valence-electron chi connectivity index (χ0n) is 42.0. The summed E-state index contributed by atoms with van der Waals surface area (Å²) in [6.45, 7) is 15.6. The molecule has 12 rings (SSSR count). The molecule has 0 amide bonds. The number of nitrogens with zero attached hydrogens (tertiary/aromatic N) is 5. The van der Waals surface area contributed by atoms with Crippen LogP contribution in [0.15, 0.2) is 192 Å². The van der Waals surface area contributed by atoms with Gasteiger partial charge in [0.25, 0.3) is 0 Å². The van der Waals surface area contributed by atoms with Gasteiger partial charge in [-0.05, 0) is 113 Å². The fourth-order valence-electron chi connectivity index (χ4n) is 10.6. The molecule has 7 heteroatoms. The Labute approximate surface area is 442 Å². The second-order valence-corrected chi connectivity index (χ2v) is 19.5. The summed E-state index contributed by atoms with van der Waals surface area (Å²) < 4.78 is 9.05. The minimum atomic E-state index is -0.498. The summed E-state index contributed by atoms with van der Waals surface area (Å²) in [7, 11) is 0. The van der Waals surface area contributed by atoms with Gasteiger partial charge in [0.15, 0.2) is 0 Å². The Morgan fingerprint density at radius 3 is 1.95 bits per heavy atom. The number of aromatic nitrogens is 2.